The molecule has 1 aromatic carbocycles. The quantitative estimate of drug-likeness (QED) is 0.285. The van der Waals surface area contributed by atoms with E-state index in [1.54, 1.807) is 18.5 Å². The summed E-state index contributed by atoms with van der Waals surface area (Å²) in [7, 11) is 0. The predicted octanol–water partition coefficient (Wildman–Crippen LogP) is 4.81. The third-order valence-corrected chi connectivity index (χ3v) is 10.5. The molecule has 4 aromatic heterocycles. The van der Waals surface area contributed by atoms with Crippen molar-refractivity contribution in [3.63, 3.8) is 0 Å². The van der Waals surface area contributed by atoms with Crippen molar-refractivity contribution >= 4 is 39.2 Å². The summed E-state index contributed by atoms with van der Waals surface area (Å²) in [5.41, 5.74) is 1.70. The van der Waals surface area contributed by atoms with Gasteiger partial charge in [-0.25, -0.2) is 8.78 Å². The van der Waals surface area contributed by atoms with E-state index in [0.29, 0.717) is 103 Å². The summed E-state index contributed by atoms with van der Waals surface area (Å²) >= 11 is 6.85. The molecule has 0 unspecified atom stereocenters. The fraction of sp³-hybridized carbons (Fsp3) is 0.500. The topological polar surface area (TPSA) is 131 Å². The number of hydrogen-bond donors (Lipinski definition) is 1. The molecule has 47 heavy (non-hydrogen) atoms. The molecule has 5 aromatic rings. The Balaban J connectivity index is 1.23. The van der Waals surface area contributed by atoms with Crippen LogP contribution < -0.4 is 9.64 Å². The number of ether oxygens (including phenoxy) is 2. The number of nitrogens with one attached hydrogen (secondary N) is 1. The van der Waals surface area contributed by atoms with Gasteiger partial charge in [-0.05, 0) is 43.9 Å². The molecule has 0 amide bonds. The number of aryl methyl sites for hydroxylation is 1. The minimum atomic E-state index is -0.906. The summed E-state index contributed by atoms with van der Waals surface area (Å²) in [5.74, 6) is 0.690. The van der Waals surface area contributed by atoms with Crippen molar-refractivity contribution in [1.82, 2.24) is 40.2 Å². The average molecular weight is 664 g/mol. The number of hydrogen-bond acceptors (Lipinski definition) is 11. The maximum Gasteiger partial charge on any atom is 0.319 e. The van der Waals surface area contributed by atoms with Crippen molar-refractivity contribution < 1.29 is 22.8 Å². The molecule has 244 valence electrons. The molecule has 12 nitrogen and oxygen atoms in total. The van der Waals surface area contributed by atoms with E-state index in [1.165, 1.54) is 0 Å². The Morgan fingerprint density at radius 3 is 2.98 bits per heavy atom. The molecular weight excluding hydrogens is 632 g/mol. The van der Waals surface area contributed by atoms with Crippen LogP contribution in [0.4, 0.5) is 14.6 Å². The van der Waals surface area contributed by atoms with Gasteiger partial charge in [0, 0.05) is 54.6 Å². The van der Waals surface area contributed by atoms with Crippen LogP contribution in [-0.4, -0.2) is 97.9 Å². The van der Waals surface area contributed by atoms with Crippen LogP contribution in [0.3, 0.4) is 0 Å². The van der Waals surface area contributed by atoms with Gasteiger partial charge in [-0.2, -0.15) is 20.1 Å². The van der Waals surface area contributed by atoms with Gasteiger partial charge >= 0.3 is 6.01 Å². The second-order valence-corrected chi connectivity index (χ2v) is 13.4. The first kappa shape index (κ1) is 29.2. The Morgan fingerprint density at radius 2 is 2.04 bits per heavy atom. The van der Waals surface area contributed by atoms with Gasteiger partial charge in [-0.1, -0.05) is 16.8 Å². The number of H-pyrrole nitrogens is 1. The number of rotatable bonds is 3. The van der Waals surface area contributed by atoms with E-state index in [-0.39, 0.29) is 29.7 Å². The minimum absolute atomic E-state index is 0.0246. The molecule has 3 atom stereocenters. The van der Waals surface area contributed by atoms with Gasteiger partial charge in [0.05, 0.1) is 41.8 Å². The van der Waals surface area contributed by atoms with Crippen LogP contribution >= 0.6 is 11.6 Å². The average Bonchev–Trinajstić information content (AvgIpc) is 3.82. The Bertz CT molecular complexity index is 2010. The predicted molar refractivity (Wildman–Crippen MR) is 168 cm³/mol. The second kappa shape index (κ2) is 11.3. The van der Waals surface area contributed by atoms with Gasteiger partial charge in [0.2, 0.25) is 5.89 Å². The summed E-state index contributed by atoms with van der Waals surface area (Å²) in [5, 5.41) is 13.1. The van der Waals surface area contributed by atoms with Crippen LogP contribution in [0.25, 0.3) is 33.1 Å². The molecule has 3 saturated heterocycles. The Kier molecular flexibility index (Phi) is 7.01. The fourth-order valence-electron chi connectivity index (χ4n) is 7.88. The number of aromatic amines is 1. The minimum Gasteiger partial charge on any atom is -0.461 e. The normalized spacial score (nSPS) is 24.7. The smallest absolute Gasteiger partial charge is 0.319 e. The van der Waals surface area contributed by atoms with Crippen LogP contribution in [0.5, 0.6) is 6.01 Å². The van der Waals surface area contributed by atoms with Gasteiger partial charge in [-0.15, -0.1) is 0 Å². The summed E-state index contributed by atoms with van der Waals surface area (Å²) in [6.45, 7) is 3.17. The van der Waals surface area contributed by atoms with Gasteiger partial charge in [0.15, 0.2) is 11.6 Å². The van der Waals surface area contributed by atoms with E-state index in [9.17, 15) is 4.39 Å². The fourth-order valence-corrected chi connectivity index (χ4v) is 8.17. The third-order valence-electron chi connectivity index (χ3n) is 10.1. The lowest BCUT2D eigenvalue weighted by Crippen LogP contribution is -2.43. The Hall–Kier alpha value is -4.01. The van der Waals surface area contributed by atoms with E-state index in [2.05, 4.69) is 25.2 Å². The third kappa shape index (κ3) is 4.91. The molecule has 0 spiro atoms. The first-order valence-electron chi connectivity index (χ1n) is 16.1. The highest BCUT2D eigenvalue weighted by Crippen LogP contribution is 2.42. The van der Waals surface area contributed by atoms with E-state index in [1.807, 2.05) is 4.90 Å². The highest BCUT2D eigenvalue weighted by molar-refractivity contribution is 6.33. The van der Waals surface area contributed by atoms with Crippen molar-refractivity contribution in [2.24, 2.45) is 0 Å². The first-order valence-corrected chi connectivity index (χ1v) is 16.5. The van der Waals surface area contributed by atoms with Crippen molar-refractivity contribution in [2.75, 3.05) is 50.9 Å². The van der Waals surface area contributed by atoms with Crippen LogP contribution in [-0.2, 0) is 17.6 Å². The summed E-state index contributed by atoms with van der Waals surface area (Å²) < 4.78 is 49.6. The van der Waals surface area contributed by atoms with E-state index in [0.717, 1.165) is 24.9 Å². The van der Waals surface area contributed by atoms with Crippen molar-refractivity contribution in [3.05, 3.63) is 46.6 Å². The Morgan fingerprint density at radius 1 is 1.11 bits per heavy atom. The van der Waals surface area contributed by atoms with E-state index >= 15 is 4.39 Å². The molecule has 8 bridgehead atoms. The number of aromatic nitrogens is 7. The Labute approximate surface area is 272 Å². The molecule has 0 aliphatic carbocycles. The first-order chi connectivity index (χ1) is 23.0. The van der Waals surface area contributed by atoms with Gasteiger partial charge < -0.3 is 18.9 Å². The molecule has 0 saturated carbocycles. The molecule has 15 heteroatoms. The molecule has 5 aliphatic rings. The van der Waals surface area contributed by atoms with Crippen LogP contribution in [0.1, 0.15) is 48.9 Å². The molecule has 0 radical (unpaired) electrons. The number of fused-ring (bicyclic) bond motifs is 5. The molecular formula is C32H32ClF2N9O3. The largest absolute Gasteiger partial charge is 0.461 e. The van der Waals surface area contributed by atoms with Crippen LogP contribution in [0.2, 0.25) is 5.02 Å². The standard InChI is InChI=1S/C32H32ClF2N9O3/c33-22-9-23-20(12-37-41-23)25-19(22)3-1-4-24-38-29(42-47-24)17-13-43(7-8-45-15-17)30-21-11-36-28(25)26(35)27(21)39-31(40-30)46-16-32-5-2-6-44(32)14-18(34)10-32/h9,11-12,17-18H,1-8,10,13-16H2,(H,37,41)/t17-,18+,32-/m0/s1. The summed E-state index contributed by atoms with van der Waals surface area (Å²) in [6, 6.07) is 1.82. The molecule has 9 heterocycles. The van der Waals surface area contributed by atoms with Crippen molar-refractivity contribution in [3.8, 4) is 17.3 Å². The molecule has 5 aliphatic heterocycles. The number of halogens is 3. The summed E-state index contributed by atoms with van der Waals surface area (Å²) in [6.07, 6.45) is 6.21. The zero-order valence-electron chi connectivity index (χ0n) is 25.5. The monoisotopic (exact) mass is 663 g/mol. The lowest BCUT2D eigenvalue weighted by atomic mass is 9.95. The zero-order valence-corrected chi connectivity index (χ0v) is 26.3. The van der Waals surface area contributed by atoms with Crippen LogP contribution in [0, 0.1) is 5.82 Å². The van der Waals surface area contributed by atoms with Gasteiger partial charge in [-0.3, -0.25) is 15.0 Å². The number of pyridine rings is 1. The zero-order chi connectivity index (χ0) is 31.7. The highest BCUT2D eigenvalue weighted by atomic mass is 35.5. The lowest BCUT2D eigenvalue weighted by molar-refractivity contribution is 0.107. The van der Waals surface area contributed by atoms with Gasteiger partial charge in [0.1, 0.15) is 29.8 Å². The maximum atomic E-state index is 17.1. The van der Waals surface area contributed by atoms with Crippen molar-refractivity contribution in [1.29, 1.82) is 0 Å². The highest BCUT2D eigenvalue weighted by Gasteiger charge is 2.49. The van der Waals surface area contributed by atoms with Crippen LogP contribution in [0.15, 0.2) is 23.0 Å². The van der Waals surface area contributed by atoms with Crippen molar-refractivity contribution in [2.45, 2.75) is 56.2 Å². The molecule has 3 fully saturated rings. The molecule has 1 N–H and O–H groups in total. The number of benzene rings is 1. The number of anilines is 1. The summed E-state index contributed by atoms with van der Waals surface area (Å²) in [4.78, 5) is 23.1. The molecule has 10 rings (SSSR count). The van der Waals surface area contributed by atoms with Gasteiger partial charge in [0.25, 0.3) is 0 Å². The van der Waals surface area contributed by atoms with E-state index in [4.69, 9.17) is 40.5 Å². The second-order valence-electron chi connectivity index (χ2n) is 13.0. The lowest BCUT2D eigenvalue weighted by Gasteiger charge is -2.31. The SMILES string of the molecule is Fc1c2ncc3c(nc(OC[C@@]45CCCN4C[C@H](F)C5)nc13)N1CCOC[C@H](C1)c1noc(n1)CCCc1c(Cl)cc3[nH]ncc3c1-2. The number of alkyl halides is 1. The van der Waals surface area contributed by atoms with E-state index < -0.39 is 17.5 Å². The maximum absolute atomic E-state index is 17.1. The number of nitrogens with zero attached hydrogens (tertiary/aromatic N) is 8.